The molecule has 0 bridgehead atoms. The lowest BCUT2D eigenvalue weighted by atomic mass is 10.2. The molecule has 3 aromatic rings. The summed E-state index contributed by atoms with van der Waals surface area (Å²) < 4.78 is 17.6. The van der Waals surface area contributed by atoms with E-state index in [4.69, 9.17) is 23.8 Å². The van der Waals surface area contributed by atoms with Crippen LogP contribution in [0.2, 0.25) is 5.02 Å². The van der Waals surface area contributed by atoms with Crippen LogP contribution in [0.25, 0.3) is 0 Å². The first kappa shape index (κ1) is 20.3. The molecule has 28 heavy (non-hydrogen) atoms. The van der Waals surface area contributed by atoms with Crippen molar-refractivity contribution in [2.45, 2.75) is 40.4 Å². The topological polar surface area (TPSA) is 59.7 Å². The summed E-state index contributed by atoms with van der Waals surface area (Å²) in [6.45, 7) is 7.55. The molecule has 0 aliphatic heterocycles. The molecule has 3 rings (SSSR count). The Kier molecular flexibility index (Phi) is 6.31. The maximum Gasteiger partial charge on any atom is 0.172 e. The number of hydrogen-bond acceptors (Lipinski definition) is 3. The number of halogens is 2. The zero-order valence-corrected chi connectivity index (χ0v) is 17.5. The molecular weight excluding hydrogens is 399 g/mol. The van der Waals surface area contributed by atoms with Gasteiger partial charge in [0.1, 0.15) is 5.82 Å². The molecule has 0 saturated carbocycles. The monoisotopic (exact) mass is 420 g/mol. The molecule has 148 valence electrons. The van der Waals surface area contributed by atoms with Crippen molar-refractivity contribution in [2.24, 2.45) is 0 Å². The summed E-state index contributed by atoms with van der Waals surface area (Å²) in [6, 6.07) is 6.49. The van der Waals surface area contributed by atoms with Gasteiger partial charge in [0, 0.05) is 47.2 Å². The molecule has 2 aromatic heterocycles. The van der Waals surface area contributed by atoms with Gasteiger partial charge in [-0.2, -0.15) is 10.2 Å². The molecule has 2 N–H and O–H groups in total. The van der Waals surface area contributed by atoms with Gasteiger partial charge in [-0.05, 0) is 45.1 Å². The quantitative estimate of drug-likeness (QED) is 0.589. The van der Waals surface area contributed by atoms with Gasteiger partial charge >= 0.3 is 0 Å². The van der Waals surface area contributed by atoms with Crippen LogP contribution in [0.5, 0.6) is 0 Å². The third kappa shape index (κ3) is 4.69. The van der Waals surface area contributed by atoms with Crippen LogP contribution < -0.4 is 10.6 Å². The molecule has 9 heteroatoms. The van der Waals surface area contributed by atoms with Crippen molar-refractivity contribution in [3.63, 3.8) is 0 Å². The summed E-state index contributed by atoms with van der Waals surface area (Å²) in [5.41, 5.74) is 3.33. The van der Waals surface area contributed by atoms with Crippen LogP contribution in [0.1, 0.15) is 29.4 Å². The zero-order chi connectivity index (χ0) is 20.3. The summed E-state index contributed by atoms with van der Waals surface area (Å²) >= 11 is 11.5. The fourth-order valence-electron chi connectivity index (χ4n) is 2.80. The van der Waals surface area contributed by atoms with E-state index in [1.807, 2.05) is 37.7 Å². The largest absolute Gasteiger partial charge is 0.358 e. The van der Waals surface area contributed by atoms with Gasteiger partial charge in [-0.25, -0.2) is 4.39 Å². The SMILES string of the molecule is CCn1cc(CNC(=S)Nc2cc(C)n(Cc3c(F)cccc3Cl)n2)c(C)n1. The van der Waals surface area contributed by atoms with Crippen LogP contribution >= 0.6 is 23.8 Å². The summed E-state index contributed by atoms with van der Waals surface area (Å²) in [4.78, 5) is 0. The van der Waals surface area contributed by atoms with Crippen LogP contribution in [-0.4, -0.2) is 24.7 Å². The standard InChI is InChI=1S/C19H22ClFN6S/c1-4-26-10-14(13(3)24-26)9-22-19(28)23-18-8-12(2)27(25-18)11-15-16(20)6-5-7-17(15)21/h5-8,10H,4,9,11H2,1-3H3,(H2,22,23,25,28). The normalized spacial score (nSPS) is 10.9. The number of hydrogen-bond donors (Lipinski definition) is 2. The molecule has 0 unspecified atom stereocenters. The maximum absolute atomic E-state index is 14.0. The fourth-order valence-corrected chi connectivity index (χ4v) is 3.19. The second-order valence-corrected chi connectivity index (χ2v) is 7.25. The Labute approximate surface area is 173 Å². The molecule has 0 aliphatic carbocycles. The number of anilines is 1. The third-order valence-electron chi connectivity index (χ3n) is 4.40. The average Bonchev–Trinajstić information content (AvgIpc) is 3.18. The Hall–Kier alpha value is -2.45. The number of nitrogens with one attached hydrogen (secondary N) is 2. The van der Waals surface area contributed by atoms with E-state index < -0.39 is 0 Å². The van der Waals surface area contributed by atoms with E-state index in [-0.39, 0.29) is 12.4 Å². The fraction of sp³-hybridized carbons (Fsp3) is 0.316. The van der Waals surface area contributed by atoms with Gasteiger partial charge in [0.25, 0.3) is 0 Å². The van der Waals surface area contributed by atoms with Gasteiger partial charge in [-0.3, -0.25) is 9.36 Å². The summed E-state index contributed by atoms with van der Waals surface area (Å²) in [6.07, 6.45) is 2.00. The first-order valence-corrected chi connectivity index (χ1v) is 9.71. The highest BCUT2D eigenvalue weighted by Crippen LogP contribution is 2.21. The zero-order valence-electron chi connectivity index (χ0n) is 16.0. The Balaban J connectivity index is 1.62. The van der Waals surface area contributed by atoms with Gasteiger partial charge < -0.3 is 10.6 Å². The third-order valence-corrected chi connectivity index (χ3v) is 5.00. The maximum atomic E-state index is 14.0. The number of rotatable bonds is 6. The smallest absolute Gasteiger partial charge is 0.172 e. The molecular formula is C19H22ClFN6S. The van der Waals surface area contributed by atoms with Gasteiger partial charge in [-0.15, -0.1) is 0 Å². The Morgan fingerprint density at radius 1 is 1.29 bits per heavy atom. The highest BCUT2D eigenvalue weighted by molar-refractivity contribution is 7.80. The second-order valence-electron chi connectivity index (χ2n) is 6.43. The molecule has 0 aliphatic rings. The predicted molar refractivity (Wildman–Crippen MR) is 113 cm³/mol. The van der Waals surface area contributed by atoms with E-state index in [9.17, 15) is 4.39 Å². The summed E-state index contributed by atoms with van der Waals surface area (Å²) in [5.74, 6) is 0.237. The van der Waals surface area contributed by atoms with E-state index in [0.29, 0.717) is 28.1 Å². The van der Waals surface area contributed by atoms with Crippen LogP contribution in [0.15, 0.2) is 30.5 Å². The van der Waals surface area contributed by atoms with E-state index in [1.54, 1.807) is 16.8 Å². The lowest BCUT2D eigenvalue weighted by Gasteiger charge is -2.09. The minimum absolute atomic E-state index is 0.245. The van der Waals surface area contributed by atoms with Gasteiger partial charge in [0.05, 0.1) is 12.2 Å². The van der Waals surface area contributed by atoms with Gasteiger partial charge in [0.2, 0.25) is 0 Å². The molecule has 6 nitrogen and oxygen atoms in total. The molecule has 0 fully saturated rings. The number of aromatic nitrogens is 4. The lowest BCUT2D eigenvalue weighted by Crippen LogP contribution is -2.28. The van der Waals surface area contributed by atoms with Crippen molar-refractivity contribution in [2.75, 3.05) is 5.32 Å². The van der Waals surface area contributed by atoms with Crippen molar-refractivity contribution in [3.8, 4) is 0 Å². The first-order chi connectivity index (χ1) is 13.4. The second kappa shape index (κ2) is 8.70. The molecule has 2 heterocycles. The molecule has 0 spiro atoms. The van der Waals surface area contributed by atoms with Crippen molar-refractivity contribution in [1.82, 2.24) is 24.9 Å². The molecule has 0 atom stereocenters. The minimum atomic E-state index is -0.350. The predicted octanol–water partition coefficient (Wildman–Crippen LogP) is 4.04. The Bertz CT molecular complexity index is 976. The Morgan fingerprint density at radius 3 is 2.75 bits per heavy atom. The van der Waals surface area contributed by atoms with E-state index in [1.165, 1.54) is 6.07 Å². The molecule has 0 saturated heterocycles. The van der Waals surface area contributed by atoms with E-state index in [2.05, 4.69) is 20.8 Å². The van der Waals surface area contributed by atoms with Crippen LogP contribution in [0, 0.1) is 19.7 Å². The number of nitrogens with zero attached hydrogens (tertiary/aromatic N) is 4. The molecule has 0 amide bonds. The summed E-state index contributed by atoms with van der Waals surface area (Å²) in [7, 11) is 0. The Morgan fingerprint density at radius 2 is 2.07 bits per heavy atom. The number of benzene rings is 1. The number of thiocarbonyl (C=S) groups is 1. The first-order valence-electron chi connectivity index (χ1n) is 8.92. The highest BCUT2D eigenvalue weighted by atomic mass is 35.5. The number of aryl methyl sites for hydroxylation is 3. The van der Waals surface area contributed by atoms with E-state index in [0.717, 1.165) is 23.5 Å². The summed E-state index contributed by atoms with van der Waals surface area (Å²) in [5, 5.41) is 15.9. The van der Waals surface area contributed by atoms with Crippen molar-refractivity contribution in [1.29, 1.82) is 0 Å². The van der Waals surface area contributed by atoms with Crippen LogP contribution in [0.4, 0.5) is 10.2 Å². The average molecular weight is 421 g/mol. The van der Waals surface area contributed by atoms with Gasteiger partial charge in [0.15, 0.2) is 10.9 Å². The molecule has 1 aromatic carbocycles. The lowest BCUT2D eigenvalue weighted by molar-refractivity contribution is 0.581. The van der Waals surface area contributed by atoms with Crippen LogP contribution in [-0.2, 0) is 19.6 Å². The minimum Gasteiger partial charge on any atom is -0.358 e. The van der Waals surface area contributed by atoms with Crippen molar-refractivity contribution in [3.05, 3.63) is 63.8 Å². The highest BCUT2D eigenvalue weighted by Gasteiger charge is 2.12. The van der Waals surface area contributed by atoms with E-state index >= 15 is 0 Å². The van der Waals surface area contributed by atoms with Crippen molar-refractivity contribution >= 4 is 34.7 Å². The van der Waals surface area contributed by atoms with Gasteiger partial charge in [-0.1, -0.05) is 17.7 Å². The van der Waals surface area contributed by atoms with Crippen LogP contribution in [0.3, 0.4) is 0 Å². The molecule has 0 radical (unpaired) electrons. The van der Waals surface area contributed by atoms with Crippen molar-refractivity contribution < 1.29 is 4.39 Å².